The number of amides is 1. The first-order valence-electron chi connectivity index (χ1n) is 7.62. The molecule has 118 valence electrons. The Morgan fingerprint density at radius 1 is 1.13 bits per heavy atom. The summed E-state index contributed by atoms with van der Waals surface area (Å²) < 4.78 is 0. The van der Waals surface area contributed by atoms with Crippen molar-refractivity contribution in [2.75, 3.05) is 11.1 Å². The smallest absolute Gasteiger partial charge is 0.234 e. The van der Waals surface area contributed by atoms with E-state index in [2.05, 4.69) is 28.5 Å². The first-order chi connectivity index (χ1) is 11.0. The molecular formula is C19H20N2OS. The van der Waals surface area contributed by atoms with E-state index in [4.69, 9.17) is 0 Å². The lowest BCUT2D eigenvalue weighted by molar-refractivity contribution is -0.113. The predicted octanol–water partition coefficient (Wildman–Crippen LogP) is 4.82. The van der Waals surface area contributed by atoms with Gasteiger partial charge in [-0.2, -0.15) is 0 Å². The van der Waals surface area contributed by atoms with E-state index in [9.17, 15) is 4.79 Å². The van der Waals surface area contributed by atoms with Crippen LogP contribution in [0.4, 0.5) is 5.69 Å². The summed E-state index contributed by atoms with van der Waals surface area (Å²) in [4.78, 5) is 16.8. The summed E-state index contributed by atoms with van der Waals surface area (Å²) in [5, 5.41) is 4.19. The highest BCUT2D eigenvalue weighted by atomic mass is 32.2. The Labute approximate surface area is 140 Å². The van der Waals surface area contributed by atoms with Crippen LogP contribution < -0.4 is 5.32 Å². The van der Waals surface area contributed by atoms with Crippen LogP contribution in [0.1, 0.15) is 16.8 Å². The Hall–Kier alpha value is -2.20. The monoisotopic (exact) mass is 324 g/mol. The normalized spacial score (nSPS) is 10.9. The van der Waals surface area contributed by atoms with E-state index < -0.39 is 0 Å². The summed E-state index contributed by atoms with van der Waals surface area (Å²) >= 11 is 1.58. The van der Waals surface area contributed by atoms with Crippen LogP contribution in [0.2, 0.25) is 0 Å². The Morgan fingerprint density at radius 3 is 2.74 bits per heavy atom. The second kappa shape index (κ2) is 6.50. The van der Waals surface area contributed by atoms with Crippen molar-refractivity contribution in [3.63, 3.8) is 0 Å². The van der Waals surface area contributed by atoms with Gasteiger partial charge in [0.2, 0.25) is 5.91 Å². The fourth-order valence-corrected chi connectivity index (χ4v) is 3.58. The van der Waals surface area contributed by atoms with Crippen molar-refractivity contribution in [1.82, 2.24) is 4.98 Å². The van der Waals surface area contributed by atoms with E-state index in [1.807, 2.05) is 45.0 Å². The summed E-state index contributed by atoms with van der Waals surface area (Å²) in [6.07, 6.45) is 0. The number of carbonyl (C=O) groups excluding carboxylic acids is 1. The maximum absolute atomic E-state index is 12.3. The third-order valence-corrected chi connectivity index (χ3v) is 5.07. The molecule has 1 amide bonds. The van der Waals surface area contributed by atoms with Crippen LogP contribution in [0.25, 0.3) is 10.9 Å². The molecule has 0 spiro atoms. The maximum Gasteiger partial charge on any atom is 0.234 e. The molecule has 0 fully saturated rings. The minimum absolute atomic E-state index is 0.0216. The SMILES string of the molecule is Cc1ccc(C)c(NC(=O)CSc2c(C)[nH]c3ccccc23)c1. The maximum atomic E-state index is 12.3. The number of para-hydroxylation sites is 1. The Balaban J connectivity index is 1.71. The lowest BCUT2D eigenvalue weighted by atomic mass is 10.1. The fourth-order valence-electron chi connectivity index (χ4n) is 2.63. The number of thioether (sulfide) groups is 1. The number of anilines is 1. The van der Waals surface area contributed by atoms with Crippen molar-refractivity contribution in [1.29, 1.82) is 0 Å². The number of carbonyl (C=O) groups is 1. The molecule has 0 saturated heterocycles. The highest BCUT2D eigenvalue weighted by Crippen LogP contribution is 2.31. The van der Waals surface area contributed by atoms with Gasteiger partial charge in [0.15, 0.2) is 0 Å². The zero-order valence-electron chi connectivity index (χ0n) is 13.6. The molecule has 1 aromatic heterocycles. The van der Waals surface area contributed by atoms with Crippen LogP contribution in [0.5, 0.6) is 0 Å². The summed E-state index contributed by atoms with van der Waals surface area (Å²) in [6, 6.07) is 14.3. The largest absolute Gasteiger partial charge is 0.358 e. The zero-order chi connectivity index (χ0) is 16.4. The second-order valence-electron chi connectivity index (χ2n) is 5.78. The minimum atomic E-state index is 0.0216. The van der Waals surface area contributed by atoms with Crippen molar-refractivity contribution >= 4 is 34.3 Å². The van der Waals surface area contributed by atoms with Gasteiger partial charge in [-0.15, -0.1) is 11.8 Å². The standard InChI is InChI=1S/C19H20N2OS/c1-12-8-9-13(2)17(10-12)21-18(22)11-23-19-14(3)20-16-7-5-4-6-15(16)19/h4-10,20H,11H2,1-3H3,(H,21,22). The second-order valence-corrected chi connectivity index (χ2v) is 6.77. The van der Waals surface area contributed by atoms with Gasteiger partial charge in [-0.05, 0) is 44.0 Å². The molecule has 2 N–H and O–H groups in total. The van der Waals surface area contributed by atoms with Gasteiger partial charge in [-0.25, -0.2) is 0 Å². The van der Waals surface area contributed by atoms with Crippen molar-refractivity contribution in [3.05, 3.63) is 59.3 Å². The number of hydrogen-bond acceptors (Lipinski definition) is 2. The Bertz CT molecular complexity index is 867. The number of hydrogen-bond donors (Lipinski definition) is 2. The number of nitrogens with one attached hydrogen (secondary N) is 2. The number of fused-ring (bicyclic) bond motifs is 1. The number of aromatic amines is 1. The number of aryl methyl sites for hydroxylation is 3. The van der Waals surface area contributed by atoms with Crippen molar-refractivity contribution < 1.29 is 4.79 Å². The summed E-state index contributed by atoms with van der Waals surface area (Å²) in [6.45, 7) is 6.08. The van der Waals surface area contributed by atoms with E-state index >= 15 is 0 Å². The van der Waals surface area contributed by atoms with Crippen LogP contribution in [0.15, 0.2) is 47.4 Å². The number of aromatic nitrogens is 1. The highest BCUT2D eigenvalue weighted by Gasteiger charge is 2.11. The van der Waals surface area contributed by atoms with E-state index in [0.29, 0.717) is 5.75 Å². The number of H-pyrrole nitrogens is 1. The molecule has 0 bridgehead atoms. The van der Waals surface area contributed by atoms with Gasteiger partial charge in [0.05, 0.1) is 5.75 Å². The van der Waals surface area contributed by atoms with Crippen LogP contribution in [0, 0.1) is 20.8 Å². The first-order valence-corrected chi connectivity index (χ1v) is 8.60. The molecule has 23 heavy (non-hydrogen) atoms. The van der Waals surface area contributed by atoms with Crippen molar-refractivity contribution in [3.8, 4) is 0 Å². The van der Waals surface area contributed by atoms with Crippen LogP contribution in [0.3, 0.4) is 0 Å². The van der Waals surface area contributed by atoms with Crippen LogP contribution in [-0.4, -0.2) is 16.6 Å². The van der Waals surface area contributed by atoms with Gasteiger partial charge in [0, 0.05) is 27.2 Å². The van der Waals surface area contributed by atoms with Gasteiger partial charge in [-0.1, -0.05) is 30.3 Å². The van der Waals surface area contributed by atoms with Crippen molar-refractivity contribution in [2.45, 2.75) is 25.7 Å². The van der Waals surface area contributed by atoms with Crippen LogP contribution >= 0.6 is 11.8 Å². The molecule has 0 unspecified atom stereocenters. The van der Waals surface area contributed by atoms with E-state index in [1.165, 1.54) is 5.39 Å². The van der Waals surface area contributed by atoms with E-state index in [0.717, 1.165) is 32.9 Å². The molecule has 0 saturated carbocycles. The average Bonchev–Trinajstić information content (AvgIpc) is 2.84. The summed E-state index contributed by atoms with van der Waals surface area (Å²) in [5.74, 6) is 0.421. The molecule has 3 rings (SSSR count). The molecular weight excluding hydrogens is 304 g/mol. The molecule has 0 aliphatic heterocycles. The van der Waals surface area contributed by atoms with Gasteiger partial charge in [-0.3, -0.25) is 4.79 Å². The zero-order valence-corrected chi connectivity index (χ0v) is 14.4. The minimum Gasteiger partial charge on any atom is -0.358 e. The Morgan fingerprint density at radius 2 is 1.91 bits per heavy atom. The molecule has 3 nitrogen and oxygen atoms in total. The molecule has 0 aliphatic rings. The predicted molar refractivity (Wildman–Crippen MR) is 98.3 cm³/mol. The lowest BCUT2D eigenvalue weighted by Gasteiger charge is -2.09. The first kappa shape index (κ1) is 15.7. The summed E-state index contributed by atoms with van der Waals surface area (Å²) in [7, 11) is 0. The van der Waals surface area contributed by atoms with Gasteiger partial charge in [0.25, 0.3) is 0 Å². The van der Waals surface area contributed by atoms with Gasteiger partial charge >= 0.3 is 0 Å². The van der Waals surface area contributed by atoms with Crippen molar-refractivity contribution in [2.24, 2.45) is 0 Å². The average molecular weight is 324 g/mol. The van der Waals surface area contributed by atoms with E-state index in [1.54, 1.807) is 11.8 Å². The molecule has 2 aromatic carbocycles. The third-order valence-electron chi connectivity index (χ3n) is 3.85. The van der Waals surface area contributed by atoms with Gasteiger partial charge in [0.1, 0.15) is 0 Å². The molecule has 0 atom stereocenters. The topological polar surface area (TPSA) is 44.9 Å². The quantitative estimate of drug-likeness (QED) is 0.676. The molecule has 0 radical (unpaired) electrons. The third kappa shape index (κ3) is 3.42. The van der Waals surface area contributed by atoms with Gasteiger partial charge < -0.3 is 10.3 Å². The fraction of sp³-hybridized carbons (Fsp3) is 0.211. The number of rotatable bonds is 4. The van der Waals surface area contributed by atoms with Crippen LogP contribution in [-0.2, 0) is 4.79 Å². The summed E-state index contributed by atoms with van der Waals surface area (Å²) in [5.41, 5.74) is 5.34. The lowest BCUT2D eigenvalue weighted by Crippen LogP contribution is -2.15. The molecule has 0 aliphatic carbocycles. The van der Waals surface area contributed by atoms with E-state index in [-0.39, 0.29) is 5.91 Å². The number of benzene rings is 2. The molecule has 1 heterocycles. The molecule has 3 aromatic rings. The molecule has 4 heteroatoms. The Kier molecular flexibility index (Phi) is 4.44. The highest BCUT2D eigenvalue weighted by molar-refractivity contribution is 8.00.